The lowest BCUT2D eigenvalue weighted by atomic mass is 9.79. The minimum Gasteiger partial charge on any atom is -0.488 e. The Balaban J connectivity index is 2.24. The van der Waals surface area contributed by atoms with Gasteiger partial charge in [0, 0.05) is 9.94 Å². The summed E-state index contributed by atoms with van der Waals surface area (Å²) >= 11 is 6.67. The SMILES string of the molecule is OB(O)c1cc(Br)cc(Br)c1OCc1ccccc1. The van der Waals surface area contributed by atoms with Gasteiger partial charge in [-0.3, -0.25) is 0 Å². The van der Waals surface area contributed by atoms with Gasteiger partial charge in [-0.05, 0) is 33.6 Å². The minimum atomic E-state index is -1.58. The van der Waals surface area contributed by atoms with Crippen LogP contribution in [0, 0.1) is 0 Å². The summed E-state index contributed by atoms with van der Waals surface area (Å²) < 4.78 is 7.10. The van der Waals surface area contributed by atoms with Crippen molar-refractivity contribution in [2.45, 2.75) is 6.61 Å². The second kappa shape index (κ2) is 6.57. The fourth-order valence-corrected chi connectivity index (χ4v) is 3.03. The van der Waals surface area contributed by atoms with Gasteiger partial charge in [0.2, 0.25) is 0 Å². The Hall–Kier alpha value is -0.815. The normalized spacial score (nSPS) is 10.3. The van der Waals surface area contributed by atoms with Crippen molar-refractivity contribution in [1.29, 1.82) is 0 Å². The molecule has 0 bridgehead atoms. The van der Waals surface area contributed by atoms with E-state index in [-0.39, 0.29) is 0 Å². The second-order valence-corrected chi connectivity index (χ2v) is 5.72. The lowest BCUT2D eigenvalue weighted by Gasteiger charge is -2.13. The van der Waals surface area contributed by atoms with Crippen molar-refractivity contribution in [3.63, 3.8) is 0 Å². The first-order valence-corrected chi connectivity index (χ1v) is 7.18. The third-order valence-corrected chi connectivity index (χ3v) is 3.59. The number of hydrogen-bond donors (Lipinski definition) is 2. The van der Waals surface area contributed by atoms with Crippen molar-refractivity contribution < 1.29 is 14.8 Å². The first kappa shape index (κ1) is 14.6. The molecule has 2 rings (SSSR count). The van der Waals surface area contributed by atoms with E-state index in [2.05, 4.69) is 31.9 Å². The quantitative estimate of drug-likeness (QED) is 0.795. The molecule has 0 saturated heterocycles. The molecular formula is C13H11BBr2O3. The van der Waals surface area contributed by atoms with Crippen LogP contribution < -0.4 is 10.2 Å². The zero-order valence-corrected chi connectivity index (χ0v) is 13.1. The standard InChI is InChI=1S/C13H11BBr2O3/c15-10-6-11(14(17)18)13(12(16)7-10)19-8-9-4-2-1-3-5-9/h1-7,17-18H,8H2. The van der Waals surface area contributed by atoms with Crippen LogP contribution >= 0.6 is 31.9 Å². The predicted octanol–water partition coefficient (Wildman–Crippen LogP) is 2.47. The van der Waals surface area contributed by atoms with E-state index in [1.807, 2.05) is 30.3 Å². The predicted molar refractivity (Wildman–Crippen MR) is 82.4 cm³/mol. The van der Waals surface area contributed by atoms with Crippen molar-refractivity contribution >= 4 is 44.4 Å². The fourth-order valence-electron chi connectivity index (χ4n) is 1.65. The highest BCUT2D eigenvalue weighted by atomic mass is 79.9. The maximum absolute atomic E-state index is 9.38. The average Bonchev–Trinajstić information content (AvgIpc) is 2.38. The zero-order chi connectivity index (χ0) is 13.8. The van der Waals surface area contributed by atoms with Gasteiger partial charge in [-0.25, -0.2) is 0 Å². The number of halogens is 2. The molecule has 2 aromatic carbocycles. The molecule has 6 heteroatoms. The second-order valence-electron chi connectivity index (χ2n) is 3.95. The summed E-state index contributed by atoms with van der Waals surface area (Å²) in [6.07, 6.45) is 0. The fraction of sp³-hybridized carbons (Fsp3) is 0.0769. The number of hydrogen-bond acceptors (Lipinski definition) is 3. The zero-order valence-electron chi connectivity index (χ0n) is 9.88. The van der Waals surface area contributed by atoms with E-state index in [4.69, 9.17) is 4.74 Å². The van der Waals surface area contributed by atoms with Gasteiger partial charge in [-0.15, -0.1) is 0 Å². The summed E-state index contributed by atoms with van der Waals surface area (Å²) in [7, 11) is -1.58. The molecule has 0 radical (unpaired) electrons. The molecule has 0 fully saturated rings. The van der Waals surface area contributed by atoms with Crippen LogP contribution in [0.1, 0.15) is 5.56 Å². The largest absolute Gasteiger partial charge is 0.492 e. The smallest absolute Gasteiger partial charge is 0.488 e. The molecule has 0 saturated carbocycles. The van der Waals surface area contributed by atoms with E-state index >= 15 is 0 Å². The third-order valence-electron chi connectivity index (χ3n) is 2.54. The highest BCUT2D eigenvalue weighted by molar-refractivity contribution is 9.11. The molecule has 0 amide bonds. The van der Waals surface area contributed by atoms with Crippen molar-refractivity contribution in [3.05, 3.63) is 57.0 Å². The summed E-state index contributed by atoms with van der Waals surface area (Å²) in [5.74, 6) is 0.432. The van der Waals surface area contributed by atoms with Crippen molar-refractivity contribution in [1.82, 2.24) is 0 Å². The Labute approximate surface area is 128 Å². The number of ether oxygens (including phenoxy) is 1. The van der Waals surface area contributed by atoms with Gasteiger partial charge in [-0.2, -0.15) is 0 Å². The maximum atomic E-state index is 9.38. The van der Waals surface area contributed by atoms with Crippen LogP contribution in [0.5, 0.6) is 5.75 Å². The highest BCUT2D eigenvalue weighted by Crippen LogP contribution is 2.27. The Morgan fingerprint density at radius 3 is 2.37 bits per heavy atom. The third kappa shape index (κ3) is 3.83. The van der Waals surface area contributed by atoms with Crippen molar-refractivity contribution in [2.24, 2.45) is 0 Å². The Morgan fingerprint density at radius 2 is 1.74 bits per heavy atom. The van der Waals surface area contributed by atoms with Gasteiger partial charge in [0.15, 0.2) is 0 Å². The summed E-state index contributed by atoms with van der Waals surface area (Å²) in [6, 6.07) is 13.1. The highest BCUT2D eigenvalue weighted by Gasteiger charge is 2.20. The molecule has 2 N–H and O–H groups in total. The molecule has 0 aliphatic heterocycles. The molecule has 19 heavy (non-hydrogen) atoms. The molecule has 0 atom stereocenters. The van der Waals surface area contributed by atoms with E-state index in [0.717, 1.165) is 10.0 Å². The summed E-state index contributed by atoms with van der Waals surface area (Å²) in [4.78, 5) is 0. The molecule has 0 aliphatic carbocycles. The average molecular weight is 386 g/mol. The van der Waals surface area contributed by atoms with Gasteiger partial charge in [0.1, 0.15) is 12.4 Å². The maximum Gasteiger partial charge on any atom is 0.492 e. The van der Waals surface area contributed by atoms with Crippen LogP contribution in [0.4, 0.5) is 0 Å². The molecule has 0 spiro atoms. The van der Waals surface area contributed by atoms with Gasteiger partial charge >= 0.3 is 7.12 Å². The Bertz CT molecular complexity index is 561. The summed E-state index contributed by atoms with van der Waals surface area (Å²) in [5, 5.41) is 18.8. The molecule has 0 unspecified atom stereocenters. The summed E-state index contributed by atoms with van der Waals surface area (Å²) in [5.41, 5.74) is 1.33. The molecule has 98 valence electrons. The van der Waals surface area contributed by atoms with Crippen molar-refractivity contribution in [3.8, 4) is 5.75 Å². The monoisotopic (exact) mass is 384 g/mol. The van der Waals surface area contributed by atoms with Gasteiger partial charge in [-0.1, -0.05) is 46.3 Å². The van der Waals surface area contributed by atoms with E-state index in [9.17, 15) is 10.0 Å². The lowest BCUT2D eigenvalue weighted by molar-refractivity contribution is 0.304. The summed E-state index contributed by atoms with van der Waals surface area (Å²) in [6.45, 7) is 0.362. The molecule has 2 aromatic rings. The molecule has 0 heterocycles. The van der Waals surface area contributed by atoms with E-state index in [1.54, 1.807) is 12.1 Å². The molecule has 3 nitrogen and oxygen atoms in total. The van der Waals surface area contributed by atoms with Crippen LogP contribution in [-0.4, -0.2) is 17.2 Å². The Kier molecular flexibility index (Phi) is 5.04. The van der Waals surface area contributed by atoms with E-state index in [0.29, 0.717) is 22.3 Å². The van der Waals surface area contributed by atoms with Crippen LogP contribution in [0.3, 0.4) is 0 Å². The molecular weight excluding hydrogens is 375 g/mol. The minimum absolute atomic E-state index is 0.317. The lowest BCUT2D eigenvalue weighted by Crippen LogP contribution is -2.31. The number of rotatable bonds is 4. The van der Waals surface area contributed by atoms with Crippen LogP contribution in [0.25, 0.3) is 0 Å². The van der Waals surface area contributed by atoms with E-state index < -0.39 is 7.12 Å². The Morgan fingerprint density at radius 1 is 1.05 bits per heavy atom. The first-order chi connectivity index (χ1) is 9.08. The molecule has 0 aliphatic rings. The topological polar surface area (TPSA) is 49.7 Å². The first-order valence-electron chi connectivity index (χ1n) is 5.59. The van der Waals surface area contributed by atoms with Crippen molar-refractivity contribution in [2.75, 3.05) is 0 Å². The van der Waals surface area contributed by atoms with Crippen LogP contribution in [-0.2, 0) is 6.61 Å². The molecule has 0 aromatic heterocycles. The van der Waals surface area contributed by atoms with Gasteiger partial charge in [0.05, 0.1) is 4.47 Å². The van der Waals surface area contributed by atoms with Gasteiger partial charge < -0.3 is 14.8 Å². The number of benzene rings is 2. The van der Waals surface area contributed by atoms with E-state index in [1.165, 1.54) is 0 Å². The van der Waals surface area contributed by atoms with Crippen LogP contribution in [0.15, 0.2) is 51.4 Å². The van der Waals surface area contributed by atoms with Gasteiger partial charge in [0.25, 0.3) is 0 Å². The van der Waals surface area contributed by atoms with Crippen LogP contribution in [0.2, 0.25) is 0 Å².